The lowest BCUT2D eigenvalue weighted by Crippen LogP contribution is -2.19. The number of benzene rings is 1. The molecule has 1 saturated carbocycles. The highest BCUT2D eigenvalue weighted by atomic mass is 32.2. The van der Waals surface area contributed by atoms with Crippen LogP contribution in [0.2, 0.25) is 0 Å². The molecule has 2 aromatic rings. The van der Waals surface area contributed by atoms with Crippen molar-refractivity contribution in [3.05, 3.63) is 52.8 Å². The summed E-state index contributed by atoms with van der Waals surface area (Å²) in [6, 6.07) is 9.58. The SMILES string of the molecule is Cc1cc(C)nc(SCc2ccc(C(=O)N/N=C\C3CCCCC3)cc2)n1. The average molecular weight is 383 g/mol. The number of aryl methyl sites for hydroxylation is 2. The van der Waals surface area contributed by atoms with Crippen LogP contribution in [0.1, 0.15) is 59.4 Å². The fraction of sp³-hybridized carbons (Fsp3) is 0.429. The Bertz CT molecular complexity index is 778. The van der Waals surface area contributed by atoms with Gasteiger partial charge in [-0.25, -0.2) is 15.4 Å². The third-order valence-corrected chi connectivity index (χ3v) is 5.57. The molecule has 5 nitrogen and oxygen atoms in total. The van der Waals surface area contributed by atoms with Crippen molar-refractivity contribution < 1.29 is 4.79 Å². The van der Waals surface area contributed by atoms with E-state index in [2.05, 4.69) is 20.5 Å². The van der Waals surface area contributed by atoms with E-state index in [1.54, 1.807) is 11.8 Å². The highest BCUT2D eigenvalue weighted by molar-refractivity contribution is 7.98. The van der Waals surface area contributed by atoms with Crippen LogP contribution >= 0.6 is 11.8 Å². The second kappa shape index (κ2) is 9.65. The van der Waals surface area contributed by atoms with Gasteiger partial charge >= 0.3 is 0 Å². The Morgan fingerprint density at radius 2 is 1.81 bits per heavy atom. The van der Waals surface area contributed by atoms with Crippen molar-refractivity contribution >= 4 is 23.9 Å². The van der Waals surface area contributed by atoms with Crippen molar-refractivity contribution in [1.29, 1.82) is 0 Å². The number of carbonyl (C=O) groups excluding carboxylic acids is 1. The van der Waals surface area contributed by atoms with Gasteiger partial charge < -0.3 is 0 Å². The first-order valence-electron chi connectivity index (χ1n) is 9.48. The molecule has 0 unspecified atom stereocenters. The Balaban J connectivity index is 1.50. The Morgan fingerprint density at radius 1 is 1.15 bits per heavy atom. The maximum absolute atomic E-state index is 12.2. The highest BCUT2D eigenvalue weighted by Gasteiger charge is 2.11. The number of aromatic nitrogens is 2. The highest BCUT2D eigenvalue weighted by Crippen LogP contribution is 2.22. The summed E-state index contributed by atoms with van der Waals surface area (Å²) in [4.78, 5) is 21.1. The number of hydrazone groups is 1. The minimum atomic E-state index is -0.168. The second-order valence-electron chi connectivity index (χ2n) is 7.04. The number of nitrogens with one attached hydrogen (secondary N) is 1. The minimum absolute atomic E-state index is 0.168. The molecule has 0 saturated heterocycles. The van der Waals surface area contributed by atoms with Crippen molar-refractivity contribution in [1.82, 2.24) is 15.4 Å². The zero-order valence-electron chi connectivity index (χ0n) is 15.9. The van der Waals surface area contributed by atoms with E-state index in [4.69, 9.17) is 0 Å². The van der Waals surface area contributed by atoms with Crippen molar-refractivity contribution in [3.63, 3.8) is 0 Å². The molecule has 3 rings (SSSR count). The topological polar surface area (TPSA) is 67.2 Å². The molecule has 1 heterocycles. The van der Waals surface area contributed by atoms with E-state index in [1.807, 2.05) is 50.4 Å². The lowest BCUT2D eigenvalue weighted by Gasteiger charge is -2.16. The molecular weight excluding hydrogens is 356 g/mol. The van der Waals surface area contributed by atoms with Crippen LogP contribution in [-0.4, -0.2) is 22.1 Å². The number of hydrogen-bond acceptors (Lipinski definition) is 5. The quantitative estimate of drug-likeness (QED) is 0.341. The summed E-state index contributed by atoms with van der Waals surface area (Å²) in [7, 11) is 0. The zero-order valence-corrected chi connectivity index (χ0v) is 16.8. The van der Waals surface area contributed by atoms with Gasteiger partial charge in [0, 0.05) is 28.9 Å². The standard InChI is InChI=1S/C21H26N4OS/c1-15-12-16(2)24-21(23-15)27-14-18-8-10-19(11-9-18)20(26)25-22-13-17-6-4-3-5-7-17/h8-13,17H,3-7,14H2,1-2H3,(H,25,26)/b22-13-. The van der Waals surface area contributed by atoms with E-state index < -0.39 is 0 Å². The Labute approximate surface area is 165 Å². The average Bonchev–Trinajstić information content (AvgIpc) is 2.67. The summed E-state index contributed by atoms with van der Waals surface area (Å²) in [5.41, 5.74) is 6.34. The van der Waals surface area contributed by atoms with Crippen molar-refractivity contribution in [2.24, 2.45) is 11.0 Å². The fourth-order valence-electron chi connectivity index (χ4n) is 3.21. The van der Waals surface area contributed by atoms with Gasteiger partial charge in [-0.15, -0.1) is 0 Å². The second-order valence-corrected chi connectivity index (χ2v) is 7.98. The predicted octanol–water partition coefficient (Wildman–Crippen LogP) is 4.68. The van der Waals surface area contributed by atoms with E-state index in [0.29, 0.717) is 11.5 Å². The van der Waals surface area contributed by atoms with Gasteiger partial charge in [-0.05, 0) is 56.4 Å². The van der Waals surface area contributed by atoms with E-state index in [9.17, 15) is 4.79 Å². The summed E-state index contributed by atoms with van der Waals surface area (Å²) < 4.78 is 0. The Hall–Kier alpha value is -2.21. The number of nitrogens with zero attached hydrogens (tertiary/aromatic N) is 3. The third kappa shape index (κ3) is 6.17. The van der Waals surface area contributed by atoms with Crippen LogP contribution in [0.3, 0.4) is 0 Å². The van der Waals surface area contributed by atoms with Crippen molar-refractivity contribution in [3.8, 4) is 0 Å². The lowest BCUT2D eigenvalue weighted by atomic mass is 9.90. The molecule has 142 valence electrons. The lowest BCUT2D eigenvalue weighted by molar-refractivity contribution is 0.0955. The smallest absolute Gasteiger partial charge is 0.267 e. The molecular formula is C21H26N4OS. The van der Waals surface area contributed by atoms with Crippen molar-refractivity contribution in [2.75, 3.05) is 0 Å². The third-order valence-electron chi connectivity index (χ3n) is 4.65. The molecule has 1 N–H and O–H groups in total. The Morgan fingerprint density at radius 3 is 2.48 bits per heavy atom. The number of carbonyl (C=O) groups is 1. The molecule has 1 aliphatic rings. The molecule has 27 heavy (non-hydrogen) atoms. The van der Waals surface area contributed by atoms with Crippen molar-refractivity contribution in [2.45, 2.75) is 56.9 Å². The molecule has 1 amide bonds. The molecule has 1 aromatic heterocycles. The van der Waals surface area contributed by atoms with E-state index in [0.717, 1.165) is 27.9 Å². The summed E-state index contributed by atoms with van der Waals surface area (Å²) in [6.45, 7) is 3.95. The first-order valence-corrected chi connectivity index (χ1v) is 10.5. The summed E-state index contributed by atoms with van der Waals surface area (Å²) in [5, 5.41) is 4.92. The molecule has 0 bridgehead atoms. The van der Waals surface area contributed by atoms with Gasteiger partial charge in [0.05, 0.1) is 0 Å². The van der Waals surface area contributed by atoms with E-state index >= 15 is 0 Å². The van der Waals surface area contributed by atoms with Gasteiger partial charge in [-0.1, -0.05) is 43.2 Å². The van der Waals surface area contributed by atoms with Crippen LogP contribution in [0.5, 0.6) is 0 Å². The monoisotopic (exact) mass is 382 g/mol. The van der Waals surface area contributed by atoms with Crippen LogP contribution in [0, 0.1) is 19.8 Å². The first-order chi connectivity index (χ1) is 13.1. The normalized spacial score (nSPS) is 15.2. The van der Waals surface area contributed by atoms with Gasteiger partial charge in [0.1, 0.15) is 0 Å². The Kier molecular flexibility index (Phi) is 6.98. The molecule has 1 fully saturated rings. The number of amides is 1. The van der Waals surface area contributed by atoms with Crippen LogP contribution in [0.15, 0.2) is 40.6 Å². The molecule has 1 aliphatic carbocycles. The van der Waals surface area contributed by atoms with Gasteiger partial charge in [0.15, 0.2) is 5.16 Å². The van der Waals surface area contributed by atoms with Crippen LogP contribution in [0.25, 0.3) is 0 Å². The largest absolute Gasteiger partial charge is 0.271 e. The van der Waals surface area contributed by atoms with E-state index in [1.165, 1.54) is 32.1 Å². The van der Waals surface area contributed by atoms with E-state index in [-0.39, 0.29) is 5.91 Å². The van der Waals surface area contributed by atoms with Crippen LogP contribution in [-0.2, 0) is 5.75 Å². The molecule has 6 heteroatoms. The van der Waals surface area contributed by atoms with Gasteiger partial charge in [-0.3, -0.25) is 4.79 Å². The van der Waals surface area contributed by atoms with Crippen LogP contribution < -0.4 is 5.43 Å². The number of rotatable bonds is 6. The summed E-state index contributed by atoms with van der Waals surface area (Å²) >= 11 is 1.60. The summed E-state index contributed by atoms with van der Waals surface area (Å²) in [5.74, 6) is 1.11. The van der Waals surface area contributed by atoms with Gasteiger partial charge in [0.2, 0.25) is 0 Å². The van der Waals surface area contributed by atoms with Crippen LogP contribution in [0.4, 0.5) is 0 Å². The minimum Gasteiger partial charge on any atom is -0.267 e. The van der Waals surface area contributed by atoms with Gasteiger partial charge in [0.25, 0.3) is 5.91 Å². The van der Waals surface area contributed by atoms with Gasteiger partial charge in [-0.2, -0.15) is 5.10 Å². The first kappa shape index (κ1) is 19.5. The maximum Gasteiger partial charge on any atom is 0.271 e. The summed E-state index contributed by atoms with van der Waals surface area (Å²) in [6.07, 6.45) is 8.09. The molecule has 1 aromatic carbocycles. The molecule has 0 spiro atoms. The predicted molar refractivity (Wildman–Crippen MR) is 110 cm³/mol. The molecule has 0 radical (unpaired) electrons. The molecule has 0 aliphatic heterocycles. The molecule has 0 atom stereocenters. The number of thioether (sulfide) groups is 1. The maximum atomic E-state index is 12.2. The fourth-order valence-corrected chi connectivity index (χ4v) is 4.11. The zero-order chi connectivity index (χ0) is 19.1. The number of hydrogen-bond donors (Lipinski definition) is 1.